The van der Waals surface area contributed by atoms with Crippen molar-refractivity contribution in [2.75, 3.05) is 19.2 Å². The summed E-state index contributed by atoms with van der Waals surface area (Å²) < 4.78 is 10.8. The summed E-state index contributed by atoms with van der Waals surface area (Å²) in [5, 5.41) is 5.61. The average molecular weight is 328 g/mol. The zero-order chi connectivity index (χ0) is 17.5. The Labute approximate surface area is 143 Å². The van der Waals surface area contributed by atoms with Crippen molar-refractivity contribution in [2.45, 2.75) is 26.7 Å². The van der Waals surface area contributed by atoms with Gasteiger partial charge in [0.05, 0.1) is 7.11 Å². The first-order chi connectivity index (χ1) is 11.5. The second-order valence-corrected chi connectivity index (χ2v) is 5.76. The lowest BCUT2D eigenvalue weighted by Crippen LogP contribution is -2.32. The topological polar surface area (TPSA) is 59.6 Å². The molecule has 2 rings (SSSR count). The fourth-order valence-electron chi connectivity index (χ4n) is 2.42. The molecule has 0 aliphatic rings. The van der Waals surface area contributed by atoms with E-state index in [1.54, 1.807) is 19.2 Å². The summed E-state index contributed by atoms with van der Waals surface area (Å²) >= 11 is 0. The molecule has 5 nitrogen and oxygen atoms in total. The number of anilines is 1. The van der Waals surface area contributed by atoms with Crippen LogP contribution < -0.4 is 20.1 Å². The van der Waals surface area contributed by atoms with E-state index in [2.05, 4.69) is 24.5 Å². The van der Waals surface area contributed by atoms with E-state index in [4.69, 9.17) is 9.47 Å². The van der Waals surface area contributed by atoms with Crippen LogP contribution in [-0.2, 0) is 0 Å². The van der Waals surface area contributed by atoms with Gasteiger partial charge in [0, 0.05) is 5.69 Å². The van der Waals surface area contributed by atoms with Gasteiger partial charge in [0.25, 0.3) is 0 Å². The van der Waals surface area contributed by atoms with Crippen LogP contribution in [-0.4, -0.2) is 19.9 Å². The van der Waals surface area contributed by atoms with Gasteiger partial charge in [-0.05, 0) is 36.1 Å². The first-order valence-corrected chi connectivity index (χ1v) is 7.93. The maximum Gasteiger partial charge on any atom is 0.321 e. The lowest BCUT2D eigenvalue weighted by Gasteiger charge is -2.17. The number of aryl methyl sites for hydroxylation is 1. The van der Waals surface area contributed by atoms with Crippen molar-refractivity contribution in [1.82, 2.24) is 5.32 Å². The second kappa shape index (κ2) is 8.24. The quantitative estimate of drug-likeness (QED) is 0.778. The van der Waals surface area contributed by atoms with Gasteiger partial charge in [0.2, 0.25) is 0 Å². The molecule has 2 N–H and O–H groups in total. The number of ether oxygens (including phenoxy) is 2. The second-order valence-electron chi connectivity index (χ2n) is 5.76. The third kappa shape index (κ3) is 4.41. The molecule has 0 spiro atoms. The Morgan fingerprint density at radius 3 is 2.46 bits per heavy atom. The van der Waals surface area contributed by atoms with E-state index >= 15 is 0 Å². The van der Waals surface area contributed by atoms with Gasteiger partial charge >= 0.3 is 6.03 Å². The maximum absolute atomic E-state index is 12.2. The number of nitrogens with one attached hydrogen (secondary N) is 2. The van der Waals surface area contributed by atoms with Crippen LogP contribution in [0.15, 0.2) is 42.5 Å². The van der Waals surface area contributed by atoms with Crippen molar-refractivity contribution in [3.05, 3.63) is 53.6 Å². The summed E-state index contributed by atoms with van der Waals surface area (Å²) in [5.41, 5.74) is 2.99. The Morgan fingerprint density at radius 1 is 1.08 bits per heavy atom. The molecule has 2 aromatic rings. The van der Waals surface area contributed by atoms with Crippen LogP contribution in [0.3, 0.4) is 0 Å². The van der Waals surface area contributed by atoms with E-state index < -0.39 is 0 Å². The van der Waals surface area contributed by atoms with Gasteiger partial charge in [-0.3, -0.25) is 0 Å². The van der Waals surface area contributed by atoms with Gasteiger partial charge < -0.3 is 20.1 Å². The molecule has 24 heavy (non-hydrogen) atoms. The number of amides is 2. The van der Waals surface area contributed by atoms with Crippen LogP contribution in [0.25, 0.3) is 0 Å². The van der Waals surface area contributed by atoms with E-state index in [9.17, 15) is 4.79 Å². The number of hydrogen-bond donors (Lipinski definition) is 2. The third-order valence-corrected chi connectivity index (χ3v) is 3.70. The lowest BCUT2D eigenvalue weighted by atomic mass is 9.98. The third-order valence-electron chi connectivity index (χ3n) is 3.70. The van der Waals surface area contributed by atoms with E-state index in [-0.39, 0.29) is 12.8 Å². The summed E-state index contributed by atoms with van der Waals surface area (Å²) in [7, 11) is 1.58. The summed E-state index contributed by atoms with van der Waals surface area (Å²) in [6.45, 7) is 6.23. The first kappa shape index (κ1) is 17.7. The minimum atomic E-state index is -0.305. The number of hydrogen-bond acceptors (Lipinski definition) is 3. The van der Waals surface area contributed by atoms with Crippen molar-refractivity contribution >= 4 is 11.7 Å². The molecule has 0 saturated heterocycles. The Bertz CT molecular complexity index is 699. The summed E-state index contributed by atoms with van der Waals surface area (Å²) in [4.78, 5) is 12.2. The number of rotatable bonds is 6. The van der Waals surface area contributed by atoms with Crippen molar-refractivity contribution < 1.29 is 14.3 Å². The summed E-state index contributed by atoms with van der Waals surface area (Å²) in [6.07, 6.45) is 0. The Kier molecular flexibility index (Phi) is 6.07. The molecule has 0 fully saturated rings. The predicted molar refractivity (Wildman–Crippen MR) is 95.9 cm³/mol. The molecule has 128 valence electrons. The van der Waals surface area contributed by atoms with Crippen molar-refractivity contribution in [3.63, 3.8) is 0 Å². The van der Waals surface area contributed by atoms with Gasteiger partial charge in [0.15, 0.2) is 18.2 Å². The molecule has 0 aliphatic heterocycles. The van der Waals surface area contributed by atoms with Gasteiger partial charge in [-0.1, -0.05) is 44.2 Å². The minimum absolute atomic E-state index is 0.0507. The van der Waals surface area contributed by atoms with E-state index in [1.807, 2.05) is 37.3 Å². The first-order valence-electron chi connectivity index (χ1n) is 7.93. The van der Waals surface area contributed by atoms with Crippen LogP contribution in [0.5, 0.6) is 11.5 Å². The number of carbonyl (C=O) groups excluding carboxylic acids is 1. The monoisotopic (exact) mass is 328 g/mol. The molecule has 5 heteroatoms. The molecule has 0 bridgehead atoms. The molecule has 0 unspecified atom stereocenters. The molecular weight excluding hydrogens is 304 g/mol. The normalized spacial score (nSPS) is 10.4. The molecule has 0 radical (unpaired) electrons. The van der Waals surface area contributed by atoms with Gasteiger partial charge in [0.1, 0.15) is 0 Å². The zero-order valence-electron chi connectivity index (χ0n) is 14.6. The molecule has 0 atom stereocenters. The van der Waals surface area contributed by atoms with Crippen molar-refractivity contribution in [2.24, 2.45) is 0 Å². The highest BCUT2D eigenvalue weighted by Crippen LogP contribution is 2.27. The SMILES string of the molecule is COc1ccccc1OCNC(=O)Nc1c(C)cccc1C(C)C. The molecule has 0 heterocycles. The number of urea groups is 1. The number of para-hydroxylation sites is 3. The van der Waals surface area contributed by atoms with E-state index in [1.165, 1.54) is 0 Å². The summed E-state index contributed by atoms with van der Waals surface area (Å²) in [5.74, 6) is 1.53. The average Bonchev–Trinajstić information content (AvgIpc) is 2.57. The Hall–Kier alpha value is -2.69. The molecule has 0 aromatic heterocycles. The summed E-state index contributed by atoms with van der Waals surface area (Å²) in [6, 6.07) is 13.0. The standard InChI is InChI=1S/C19H24N2O3/c1-13(2)15-9-7-8-14(3)18(15)21-19(22)20-12-24-17-11-6-5-10-16(17)23-4/h5-11,13H,12H2,1-4H3,(H2,20,21,22). The lowest BCUT2D eigenvalue weighted by molar-refractivity contribution is 0.231. The van der Waals surface area contributed by atoms with E-state index in [0.29, 0.717) is 17.4 Å². The molecule has 2 amide bonds. The van der Waals surface area contributed by atoms with Crippen LogP contribution >= 0.6 is 0 Å². The van der Waals surface area contributed by atoms with Gasteiger partial charge in [-0.2, -0.15) is 0 Å². The van der Waals surface area contributed by atoms with Crippen LogP contribution in [0, 0.1) is 6.92 Å². The largest absolute Gasteiger partial charge is 0.493 e. The predicted octanol–water partition coefficient (Wildman–Crippen LogP) is 4.29. The van der Waals surface area contributed by atoms with Gasteiger partial charge in [-0.15, -0.1) is 0 Å². The highest BCUT2D eigenvalue weighted by molar-refractivity contribution is 5.91. The Balaban J connectivity index is 1.95. The number of carbonyl (C=O) groups is 1. The highest BCUT2D eigenvalue weighted by atomic mass is 16.5. The van der Waals surface area contributed by atoms with Crippen LogP contribution in [0.2, 0.25) is 0 Å². The number of benzene rings is 2. The van der Waals surface area contributed by atoms with Crippen molar-refractivity contribution in [1.29, 1.82) is 0 Å². The fraction of sp³-hybridized carbons (Fsp3) is 0.316. The fourth-order valence-corrected chi connectivity index (χ4v) is 2.42. The van der Waals surface area contributed by atoms with Crippen molar-refractivity contribution in [3.8, 4) is 11.5 Å². The number of methoxy groups -OCH3 is 1. The zero-order valence-corrected chi connectivity index (χ0v) is 14.6. The Morgan fingerprint density at radius 2 is 1.79 bits per heavy atom. The molecule has 0 aliphatic carbocycles. The molecular formula is C19H24N2O3. The van der Waals surface area contributed by atoms with Crippen LogP contribution in [0.1, 0.15) is 30.9 Å². The maximum atomic E-state index is 12.2. The molecule has 2 aromatic carbocycles. The van der Waals surface area contributed by atoms with Crippen LogP contribution in [0.4, 0.5) is 10.5 Å². The van der Waals surface area contributed by atoms with E-state index in [0.717, 1.165) is 16.8 Å². The smallest absolute Gasteiger partial charge is 0.321 e. The highest BCUT2D eigenvalue weighted by Gasteiger charge is 2.12. The van der Waals surface area contributed by atoms with Gasteiger partial charge in [-0.25, -0.2) is 4.79 Å². The minimum Gasteiger partial charge on any atom is -0.493 e. The molecule has 0 saturated carbocycles.